The number of carbonyl (C=O) groups is 1. The smallest absolute Gasteiger partial charge is 0.222 e. The number of hydrogen-bond donors (Lipinski definition) is 0. The lowest BCUT2D eigenvalue weighted by Crippen LogP contribution is -2.47. The number of piperidine rings is 1. The van der Waals surface area contributed by atoms with Crippen molar-refractivity contribution in [1.82, 2.24) is 9.80 Å². The maximum Gasteiger partial charge on any atom is 0.222 e. The van der Waals surface area contributed by atoms with Crippen LogP contribution in [0.1, 0.15) is 25.7 Å². The summed E-state index contributed by atoms with van der Waals surface area (Å²) >= 11 is 12.0. The summed E-state index contributed by atoms with van der Waals surface area (Å²) in [7, 11) is 4.14. The zero-order valence-electron chi connectivity index (χ0n) is 13.7. The van der Waals surface area contributed by atoms with Crippen LogP contribution in [0.5, 0.6) is 5.75 Å². The quantitative estimate of drug-likeness (QED) is 0.726. The summed E-state index contributed by atoms with van der Waals surface area (Å²) in [5.74, 6) is 0.773. The Bertz CT molecular complexity index is 537. The van der Waals surface area contributed by atoms with Gasteiger partial charge in [-0.05, 0) is 45.5 Å². The molecule has 1 atom stereocenters. The molecule has 1 amide bonds. The summed E-state index contributed by atoms with van der Waals surface area (Å²) in [6.07, 6.45) is 3.40. The molecule has 1 unspecified atom stereocenters. The highest BCUT2D eigenvalue weighted by Gasteiger charge is 2.24. The third-order valence-corrected chi connectivity index (χ3v) is 4.99. The van der Waals surface area contributed by atoms with Crippen molar-refractivity contribution in [2.75, 3.05) is 33.8 Å². The first-order chi connectivity index (χ1) is 11.0. The van der Waals surface area contributed by atoms with E-state index in [0.29, 0.717) is 41.3 Å². The van der Waals surface area contributed by atoms with Crippen LogP contribution in [0.25, 0.3) is 0 Å². The van der Waals surface area contributed by atoms with Gasteiger partial charge in [0.25, 0.3) is 0 Å². The first-order valence-electron chi connectivity index (χ1n) is 8.00. The molecule has 0 radical (unpaired) electrons. The van der Waals surface area contributed by atoms with Crippen LogP contribution < -0.4 is 4.74 Å². The van der Waals surface area contributed by atoms with Crippen LogP contribution in [0, 0.1) is 0 Å². The Morgan fingerprint density at radius 2 is 2.17 bits per heavy atom. The number of rotatable bonds is 6. The van der Waals surface area contributed by atoms with E-state index >= 15 is 0 Å². The molecular weight excluding hydrogens is 335 g/mol. The highest BCUT2D eigenvalue weighted by Crippen LogP contribution is 2.31. The summed E-state index contributed by atoms with van der Waals surface area (Å²) in [6.45, 7) is 2.15. The van der Waals surface area contributed by atoms with Crippen LogP contribution >= 0.6 is 23.2 Å². The molecule has 0 bridgehead atoms. The molecule has 0 saturated carbocycles. The predicted octanol–water partition coefficient (Wildman–Crippen LogP) is 3.71. The minimum Gasteiger partial charge on any atom is -0.492 e. The maximum absolute atomic E-state index is 12.3. The topological polar surface area (TPSA) is 32.8 Å². The number of likely N-dealkylation sites (tertiary alicyclic amines) is 1. The van der Waals surface area contributed by atoms with Crippen LogP contribution in [-0.4, -0.2) is 55.5 Å². The fraction of sp³-hybridized carbons (Fsp3) is 0.588. The van der Waals surface area contributed by atoms with Gasteiger partial charge < -0.3 is 14.5 Å². The molecular formula is C17H24Cl2N2O2. The Labute approximate surface area is 148 Å². The molecule has 1 aliphatic rings. The van der Waals surface area contributed by atoms with Gasteiger partial charge in [-0.2, -0.15) is 0 Å². The summed E-state index contributed by atoms with van der Waals surface area (Å²) < 4.78 is 5.62. The van der Waals surface area contributed by atoms with E-state index < -0.39 is 0 Å². The average molecular weight is 359 g/mol. The van der Waals surface area contributed by atoms with Crippen LogP contribution in [0.2, 0.25) is 10.0 Å². The summed E-state index contributed by atoms with van der Waals surface area (Å²) in [4.78, 5) is 16.5. The zero-order valence-corrected chi connectivity index (χ0v) is 15.2. The molecule has 0 spiro atoms. The van der Waals surface area contributed by atoms with Crippen molar-refractivity contribution >= 4 is 29.1 Å². The highest BCUT2D eigenvalue weighted by molar-refractivity contribution is 6.42. The van der Waals surface area contributed by atoms with Gasteiger partial charge in [-0.15, -0.1) is 0 Å². The predicted molar refractivity (Wildman–Crippen MR) is 94.5 cm³/mol. The monoisotopic (exact) mass is 358 g/mol. The van der Waals surface area contributed by atoms with Gasteiger partial charge in [-0.3, -0.25) is 4.79 Å². The van der Waals surface area contributed by atoms with Crippen molar-refractivity contribution in [2.45, 2.75) is 31.7 Å². The van der Waals surface area contributed by atoms with Crippen LogP contribution in [0.4, 0.5) is 0 Å². The fourth-order valence-corrected chi connectivity index (χ4v) is 3.11. The number of hydrogen-bond acceptors (Lipinski definition) is 3. The molecule has 128 valence electrons. The Kier molecular flexibility index (Phi) is 7.00. The van der Waals surface area contributed by atoms with Gasteiger partial charge in [-0.1, -0.05) is 29.3 Å². The number of benzene rings is 1. The van der Waals surface area contributed by atoms with Gasteiger partial charge in [0, 0.05) is 25.6 Å². The molecule has 0 N–H and O–H groups in total. The normalized spacial score (nSPS) is 18.3. The second-order valence-electron chi connectivity index (χ2n) is 6.10. The van der Waals surface area contributed by atoms with Gasteiger partial charge in [-0.25, -0.2) is 0 Å². The summed E-state index contributed by atoms with van der Waals surface area (Å²) in [6, 6.07) is 5.76. The molecule has 1 aliphatic heterocycles. The molecule has 1 fully saturated rings. The van der Waals surface area contributed by atoms with Crippen molar-refractivity contribution in [1.29, 1.82) is 0 Å². The Morgan fingerprint density at radius 3 is 2.91 bits per heavy atom. The molecule has 1 heterocycles. The van der Waals surface area contributed by atoms with E-state index in [1.165, 1.54) is 0 Å². The largest absolute Gasteiger partial charge is 0.492 e. The molecule has 1 saturated heterocycles. The standard InChI is InChI=1S/C17H24Cl2N2O2/c1-20(2)13-6-4-10-21(12-13)16(22)9-5-11-23-15-8-3-7-14(18)17(15)19/h3,7-8,13H,4-6,9-12H2,1-2H3. The average Bonchev–Trinajstić information content (AvgIpc) is 2.55. The number of likely N-dealkylation sites (N-methyl/N-ethyl adjacent to an activating group) is 1. The van der Waals surface area contributed by atoms with E-state index in [1.54, 1.807) is 18.2 Å². The number of carbonyl (C=O) groups excluding carboxylic acids is 1. The Morgan fingerprint density at radius 1 is 1.39 bits per heavy atom. The van der Waals surface area contributed by atoms with E-state index in [0.717, 1.165) is 25.9 Å². The molecule has 1 aromatic rings. The summed E-state index contributed by atoms with van der Waals surface area (Å²) in [5.41, 5.74) is 0. The number of ether oxygens (including phenoxy) is 1. The number of nitrogens with zero attached hydrogens (tertiary/aromatic N) is 2. The first kappa shape index (κ1) is 18.4. The molecule has 1 aromatic carbocycles. The third kappa shape index (κ3) is 5.27. The molecule has 2 rings (SSSR count). The van der Waals surface area contributed by atoms with Gasteiger partial charge in [0.05, 0.1) is 11.6 Å². The van der Waals surface area contributed by atoms with Crippen LogP contribution in [0.15, 0.2) is 18.2 Å². The van der Waals surface area contributed by atoms with E-state index in [4.69, 9.17) is 27.9 Å². The highest BCUT2D eigenvalue weighted by atomic mass is 35.5. The lowest BCUT2D eigenvalue weighted by molar-refractivity contribution is -0.133. The Balaban J connectivity index is 1.73. The van der Waals surface area contributed by atoms with E-state index in [2.05, 4.69) is 19.0 Å². The molecule has 0 aliphatic carbocycles. The lowest BCUT2D eigenvalue weighted by atomic mass is 10.0. The zero-order chi connectivity index (χ0) is 16.8. The first-order valence-corrected chi connectivity index (χ1v) is 8.75. The van der Waals surface area contributed by atoms with E-state index in [-0.39, 0.29) is 5.91 Å². The van der Waals surface area contributed by atoms with Crippen LogP contribution in [0.3, 0.4) is 0 Å². The van der Waals surface area contributed by atoms with Crippen molar-refractivity contribution < 1.29 is 9.53 Å². The number of amides is 1. The van der Waals surface area contributed by atoms with Gasteiger partial charge in [0.2, 0.25) is 5.91 Å². The third-order valence-electron chi connectivity index (χ3n) is 4.19. The van der Waals surface area contributed by atoms with Crippen molar-refractivity contribution in [3.8, 4) is 5.75 Å². The maximum atomic E-state index is 12.3. The van der Waals surface area contributed by atoms with Crippen molar-refractivity contribution in [2.24, 2.45) is 0 Å². The van der Waals surface area contributed by atoms with E-state index in [9.17, 15) is 4.79 Å². The number of halogens is 2. The van der Waals surface area contributed by atoms with E-state index in [1.807, 2.05) is 4.90 Å². The van der Waals surface area contributed by atoms with Crippen molar-refractivity contribution in [3.63, 3.8) is 0 Å². The Hall–Kier alpha value is -0.970. The molecule has 6 heteroatoms. The fourth-order valence-electron chi connectivity index (χ4n) is 2.76. The van der Waals surface area contributed by atoms with Gasteiger partial charge in [0.1, 0.15) is 10.8 Å². The molecule has 4 nitrogen and oxygen atoms in total. The van der Waals surface area contributed by atoms with Crippen molar-refractivity contribution in [3.05, 3.63) is 28.2 Å². The second-order valence-corrected chi connectivity index (χ2v) is 6.89. The lowest BCUT2D eigenvalue weighted by Gasteiger charge is -2.36. The minimum absolute atomic E-state index is 0.206. The second kappa shape index (κ2) is 8.76. The van der Waals surface area contributed by atoms with Crippen LogP contribution in [-0.2, 0) is 4.79 Å². The molecule has 0 aromatic heterocycles. The molecule has 23 heavy (non-hydrogen) atoms. The van der Waals surface area contributed by atoms with Gasteiger partial charge in [0.15, 0.2) is 0 Å². The summed E-state index contributed by atoms with van der Waals surface area (Å²) in [5, 5.41) is 0.897. The minimum atomic E-state index is 0.206. The SMILES string of the molecule is CN(C)C1CCCN(C(=O)CCCOc2cccc(Cl)c2Cl)C1. The van der Waals surface area contributed by atoms with Gasteiger partial charge >= 0.3 is 0 Å².